The lowest BCUT2D eigenvalue weighted by Gasteiger charge is -2.32. The number of piperidine rings is 1. The third-order valence-corrected chi connectivity index (χ3v) is 7.91. The first-order valence-corrected chi connectivity index (χ1v) is 12.1. The van der Waals surface area contributed by atoms with Gasteiger partial charge in [-0.05, 0) is 48.0 Å². The van der Waals surface area contributed by atoms with E-state index in [4.69, 9.17) is 4.74 Å². The molecule has 0 bridgehead atoms. The van der Waals surface area contributed by atoms with Crippen molar-refractivity contribution in [2.75, 3.05) is 18.8 Å². The van der Waals surface area contributed by atoms with Crippen molar-refractivity contribution in [1.82, 2.24) is 14.9 Å². The highest BCUT2D eigenvalue weighted by Gasteiger charge is 2.25. The van der Waals surface area contributed by atoms with Gasteiger partial charge in [-0.15, -0.1) is 0 Å². The standard InChI is InChI=1S/C17H24BrN3O2S2/c18-13-10-19-17(20-11-13)23-14-4-3-8-21(12-14)16(22)6-2-1-5-15-7-9-24-25-15/h10-11,14-15H,1-9,12H2. The first-order chi connectivity index (χ1) is 12.2. The van der Waals surface area contributed by atoms with Gasteiger partial charge >= 0.3 is 6.01 Å². The Kier molecular flexibility index (Phi) is 7.73. The summed E-state index contributed by atoms with van der Waals surface area (Å²) in [5, 5.41) is 0.804. The molecule has 0 radical (unpaired) electrons. The summed E-state index contributed by atoms with van der Waals surface area (Å²) in [4.78, 5) is 22.7. The molecule has 1 aromatic heterocycles. The van der Waals surface area contributed by atoms with Crippen LogP contribution in [0.25, 0.3) is 0 Å². The average molecular weight is 446 g/mol. The van der Waals surface area contributed by atoms with Crippen LogP contribution >= 0.6 is 37.5 Å². The van der Waals surface area contributed by atoms with Crippen molar-refractivity contribution in [3.05, 3.63) is 16.9 Å². The Morgan fingerprint density at radius 3 is 2.92 bits per heavy atom. The van der Waals surface area contributed by atoms with Crippen molar-refractivity contribution in [3.63, 3.8) is 0 Å². The van der Waals surface area contributed by atoms with Crippen LogP contribution in [-0.4, -0.2) is 51.0 Å². The number of carbonyl (C=O) groups is 1. The van der Waals surface area contributed by atoms with E-state index in [-0.39, 0.29) is 12.0 Å². The number of carbonyl (C=O) groups excluding carboxylic acids is 1. The summed E-state index contributed by atoms with van der Waals surface area (Å²) in [5.74, 6) is 1.55. The molecule has 5 nitrogen and oxygen atoms in total. The molecule has 8 heteroatoms. The van der Waals surface area contributed by atoms with Gasteiger partial charge in [-0.1, -0.05) is 28.0 Å². The molecule has 2 aliphatic rings. The molecule has 0 spiro atoms. The highest BCUT2D eigenvalue weighted by Crippen LogP contribution is 2.39. The second kappa shape index (κ2) is 10.0. The highest BCUT2D eigenvalue weighted by atomic mass is 79.9. The van der Waals surface area contributed by atoms with Crippen molar-refractivity contribution >= 4 is 43.4 Å². The molecule has 0 aliphatic carbocycles. The second-order valence-corrected chi connectivity index (χ2v) is 10.2. The molecule has 2 aliphatic heterocycles. The number of amides is 1. The maximum absolute atomic E-state index is 12.5. The maximum Gasteiger partial charge on any atom is 0.316 e. The molecule has 0 aromatic carbocycles. The topological polar surface area (TPSA) is 55.3 Å². The summed E-state index contributed by atoms with van der Waals surface area (Å²) in [6.07, 6.45) is 10.7. The first-order valence-electron chi connectivity index (χ1n) is 8.91. The van der Waals surface area contributed by atoms with Gasteiger partial charge in [-0.25, -0.2) is 9.97 Å². The monoisotopic (exact) mass is 445 g/mol. The van der Waals surface area contributed by atoms with Crippen LogP contribution in [0.3, 0.4) is 0 Å². The Hall–Kier alpha value is -0.470. The molecule has 2 fully saturated rings. The Labute approximate surface area is 165 Å². The van der Waals surface area contributed by atoms with Crippen LogP contribution in [-0.2, 0) is 4.79 Å². The van der Waals surface area contributed by atoms with Crippen molar-refractivity contribution in [2.24, 2.45) is 0 Å². The third kappa shape index (κ3) is 6.32. The number of unbranched alkanes of at least 4 members (excludes halogenated alkanes) is 1. The lowest BCUT2D eigenvalue weighted by atomic mass is 10.1. The minimum absolute atomic E-state index is 0.00853. The van der Waals surface area contributed by atoms with Crippen molar-refractivity contribution in [3.8, 4) is 6.01 Å². The van der Waals surface area contributed by atoms with Crippen molar-refractivity contribution < 1.29 is 9.53 Å². The van der Waals surface area contributed by atoms with Crippen molar-refractivity contribution in [1.29, 1.82) is 0 Å². The number of aromatic nitrogens is 2. The number of nitrogens with zero attached hydrogens (tertiary/aromatic N) is 3. The Balaban J connectivity index is 1.37. The van der Waals surface area contributed by atoms with Crippen LogP contribution in [0.15, 0.2) is 16.9 Å². The molecule has 2 unspecified atom stereocenters. The van der Waals surface area contributed by atoms with Crippen LogP contribution in [0.4, 0.5) is 0 Å². The predicted octanol–water partition coefficient (Wildman–Crippen LogP) is 4.32. The smallest absolute Gasteiger partial charge is 0.316 e. The molecule has 3 heterocycles. The summed E-state index contributed by atoms with van der Waals surface area (Å²) in [6.45, 7) is 1.49. The van der Waals surface area contributed by atoms with Gasteiger partial charge in [0.15, 0.2) is 0 Å². The van der Waals surface area contributed by atoms with E-state index >= 15 is 0 Å². The lowest BCUT2D eigenvalue weighted by Crippen LogP contribution is -2.44. The fourth-order valence-corrected chi connectivity index (χ4v) is 6.37. The molecule has 1 aromatic rings. The molecule has 0 N–H and O–H groups in total. The van der Waals surface area contributed by atoms with Crippen LogP contribution in [0.2, 0.25) is 0 Å². The molecule has 2 atom stereocenters. The third-order valence-electron chi connectivity index (χ3n) is 4.49. The largest absolute Gasteiger partial charge is 0.458 e. The fraction of sp³-hybridized carbons (Fsp3) is 0.706. The van der Waals surface area contributed by atoms with Gasteiger partial charge in [0.25, 0.3) is 0 Å². The summed E-state index contributed by atoms with van der Waals surface area (Å²) in [6, 6.07) is 0.384. The predicted molar refractivity (Wildman–Crippen MR) is 107 cm³/mol. The minimum Gasteiger partial charge on any atom is -0.458 e. The van der Waals surface area contributed by atoms with Crippen LogP contribution in [0, 0.1) is 0 Å². The lowest BCUT2D eigenvalue weighted by molar-refractivity contribution is -0.134. The van der Waals surface area contributed by atoms with E-state index in [2.05, 4.69) is 25.9 Å². The maximum atomic E-state index is 12.5. The number of hydrogen-bond acceptors (Lipinski definition) is 6. The van der Waals surface area contributed by atoms with Gasteiger partial charge in [0.2, 0.25) is 5.91 Å². The van der Waals surface area contributed by atoms with E-state index < -0.39 is 0 Å². The van der Waals surface area contributed by atoms with E-state index in [0.29, 0.717) is 19.0 Å². The minimum atomic E-state index is -0.00853. The van der Waals surface area contributed by atoms with Crippen LogP contribution in [0.1, 0.15) is 44.9 Å². The Morgan fingerprint density at radius 1 is 1.32 bits per heavy atom. The van der Waals surface area contributed by atoms with Crippen LogP contribution < -0.4 is 4.74 Å². The fourth-order valence-electron chi connectivity index (χ4n) is 3.14. The number of halogens is 1. The molecular weight excluding hydrogens is 422 g/mol. The highest BCUT2D eigenvalue weighted by molar-refractivity contribution is 9.10. The Bertz CT molecular complexity index is 555. The molecule has 1 amide bonds. The number of hydrogen-bond donors (Lipinski definition) is 0. The molecule has 3 rings (SSSR count). The first kappa shape index (κ1) is 19.3. The summed E-state index contributed by atoms with van der Waals surface area (Å²) in [5.41, 5.74) is 0. The quantitative estimate of drug-likeness (QED) is 0.459. The Morgan fingerprint density at radius 2 is 2.16 bits per heavy atom. The van der Waals surface area contributed by atoms with E-state index in [0.717, 1.165) is 42.0 Å². The molecule has 138 valence electrons. The second-order valence-electron chi connectivity index (χ2n) is 6.48. The van der Waals surface area contributed by atoms with E-state index in [9.17, 15) is 4.79 Å². The van der Waals surface area contributed by atoms with Gasteiger partial charge < -0.3 is 9.64 Å². The van der Waals surface area contributed by atoms with Crippen LogP contribution in [0.5, 0.6) is 6.01 Å². The van der Waals surface area contributed by atoms with E-state index in [1.54, 1.807) is 12.4 Å². The number of rotatable bonds is 7. The van der Waals surface area contributed by atoms with Gasteiger partial charge in [0.1, 0.15) is 6.10 Å². The molecule has 0 saturated carbocycles. The van der Waals surface area contributed by atoms with Gasteiger partial charge in [-0.3, -0.25) is 4.79 Å². The average Bonchev–Trinajstić information content (AvgIpc) is 3.14. The van der Waals surface area contributed by atoms with Gasteiger partial charge in [-0.2, -0.15) is 0 Å². The summed E-state index contributed by atoms with van der Waals surface area (Å²) in [7, 11) is 4.01. The zero-order valence-electron chi connectivity index (χ0n) is 14.2. The molecule has 25 heavy (non-hydrogen) atoms. The summed E-state index contributed by atoms with van der Waals surface area (Å²) < 4.78 is 6.67. The SMILES string of the molecule is O=C(CCCCC1CCSS1)N1CCCC(Oc2ncc(Br)cn2)C1. The number of ether oxygens (including phenoxy) is 1. The molecule has 2 saturated heterocycles. The van der Waals surface area contributed by atoms with Crippen molar-refractivity contribution in [2.45, 2.75) is 56.3 Å². The van der Waals surface area contributed by atoms with Gasteiger partial charge in [0, 0.05) is 36.4 Å². The number of likely N-dealkylation sites (tertiary alicyclic amines) is 1. The van der Waals surface area contributed by atoms with Gasteiger partial charge in [0.05, 0.1) is 11.0 Å². The van der Waals surface area contributed by atoms with E-state index in [1.165, 1.54) is 18.6 Å². The zero-order chi connectivity index (χ0) is 17.5. The summed E-state index contributed by atoms with van der Waals surface area (Å²) >= 11 is 3.31. The van der Waals surface area contributed by atoms with E-state index in [1.807, 2.05) is 26.5 Å². The molecular formula is C17H24BrN3O2S2. The normalized spacial score (nSPS) is 23.6. The zero-order valence-corrected chi connectivity index (χ0v) is 17.5.